The van der Waals surface area contributed by atoms with Gasteiger partial charge in [0.15, 0.2) is 0 Å². The van der Waals surface area contributed by atoms with Crippen LogP contribution in [0.3, 0.4) is 0 Å². The van der Waals surface area contributed by atoms with Crippen LogP contribution in [-0.2, 0) is 4.74 Å². The Morgan fingerprint density at radius 3 is 2.59 bits per heavy atom. The summed E-state index contributed by atoms with van der Waals surface area (Å²) in [5.41, 5.74) is 1.70. The van der Waals surface area contributed by atoms with Crippen LogP contribution in [-0.4, -0.2) is 48.7 Å². The summed E-state index contributed by atoms with van der Waals surface area (Å²) in [7, 11) is 0. The first kappa shape index (κ1) is 19.8. The van der Waals surface area contributed by atoms with Gasteiger partial charge in [-0.15, -0.1) is 23.7 Å². The molecule has 4 saturated heterocycles. The summed E-state index contributed by atoms with van der Waals surface area (Å²) in [4.78, 5) is 16.6. The third-order valence-corrected chi connectivity index (χ3v) is 8.83. The molecule has 4 aliphatic heterocycles. The molecule has 2 bridgehead atoms. The van der Waals surface area contributed by atoms with Crippen molar-refractivity contribution in [2.24, 2.45) is 5.92 Å². The summed E-state index contributed by atoms with van der Waals surface area (Å²) >= 11 is 1.66. The van der Waals surface area contributed by atoms with Crippen molar-refractivity contribution in [2.75, 3.05) is 26.3 Å². The van der Waals surface area contributed by atoms with Crippen LogP contribution < -0.4 is 5.32 Å². The Morgan fingerprint density at radius 2 is 1.86 bits per heavy atom. The van der Waals surface area contributed by atoms with Crippen LogP contribution in [0.25, 0.3) is 10.1 Å². The molecule has 5 aliphatic rings. The van der Waals surface area contributed by atoms with Gasteiger partial charge in [-0.2, -0.15) is 0 Å². The average Bonchev–Trinajstić information content (AvgIpc) is 3.40. The molecule has 156 valence electrons. The van der Waals surface area contributed by atoms with Crippen LogP contribution in [0, 0.1) is 5.92 Å². The molecular weight excluding hydrogens is 404 g/mol. The number of rotatable bonds is 3. The van der Waals surface area contributed by atoms with Gasteiger partial charge in [-0.25, -0.2) is 0 Å². The van der Waals surface area contributed by atoms with Gasteiger partial charge >= 0.3 is 0 Å². The van der Waals surface area contributed by atoms with E-state index < -0.39 is 0 Å². The quantitative estimate of drug-likeness (QED) is 0.772. The lowest BCUT2D eigenvalue weighted by molar-refractivity contribution is -0.00138. The first-order chi connectivity index (χ1) is 13.7. The van der Waals surface area contributed by atoms with Crippen molar-refractivity contribution in [2.45, 2.75) is 56.0 Å². The number of carbonyl (C=O) groups excluding carboxylic acids is 1. The maximum atomic E-state index is 13.1. The molecule has 6 heteroatoms. The summed E-state index contributed by atoms with van der Waals surface area (Å²) in [5.74, 6) is 1.41. The van der Waals surface area contributed by atoms with E-state index >= 15 is 0 Å². The molecule has 4 nitrogen and oxygen atoms in total. The van der Waals surface area contributed by atoms with Crippen molar-refractivity contribution in [3.63, 3.8) is 0 Å². The molecule has 29 heavy (non-hydrogen) atoms. The minimum Gasteiger partial charge on any atom is -0.381 e. The maximum Gasteiger partial charge on any atom is 0.261 e. The van der Waals surface area contributed by atoms with Crippen LogP contribution in [0.4, 0.5) is 0 Å². The molecule has 1 saturated carbocycles. The highest BCUT2D eigenvalue weighted by Gasteiger charge is 2.60. The molecule has 0 unspecified atom stereocenters. The van der Waals surface area contributed by atoms with E-state index in [4.69, 9.17) is 4.74 Å². The molecule has 1 spiro atoms. The van der Waals surface area contributed by atoms with E-state index in [0.717, 1.165) is 30.9 Å². The number of fused-ring (bicyclic) bond motifs is 3. The third kappa shape index (κ3) is 3.31. The maximum absolute atomic E-state index is 13.1. The van der Waals surface area contributed by atoms with Crippen LogP contribution >= 0.6 is 23.7 Å². The zero-order valence-electron chi connectivity index (χ0n) is 16.7. The van der Waals surface area contributed by atoms with Gasteiger partial charge in [0.2, 0.25) is 0 Å². The Kier molecular flexibility index (Phi) is 5.14. The van der Waals surface area contributed by atoms with E-state index in [-0.39, 0.29) is 18.3 Å². The molecule has 2 aromatic rings. The minimum absolute atomic E-state index is 0. The van der Waals surface area contributed by atoms with E-state index in [2.05, 4.69) is 34.5 Å². The van der Waals surface area contributed by atoms with Crippen molar-refractivity contribution in [1.29, 1.82) is 0 Å². The van der Waals surface area contributed by atoms with Gasteiger partial charge in [0, 0.05) is 23.5 Å². The topological polar surface area (TPSA) is 41.6 Å². The molecule has 5 fully saturated rings. The van der Waals surface area contributed by atoms with Crippen molar-refractivity contribution in [3.8, 4) is 0 Å². The lowest BCUT2D eigenvalue weighted by atomic mass is 9.77. The molecule has 7 rings (SSSR count). The number of amides is 1. The standard InChI is InChI=1S/C23H28N2O2S.ClH/c26-22(24-21-16-3-9-25(10-4-16)23(21)7-8-23)20-14-18-2-1-17(13-19(18)28-20)15-5-11-27-12-6-15;/h1-2,13-16,21H,3-12H2,(H,24,26);1H/t21-;/m1./s1. The second kappa shape index (κ2) is 7.52. The fraction of sp³-hybridized carbons (Fsp3) is 0.609. The largest absolute Gasteiger partial charge is 0.381 e. The number of thiophene rings is 1. The van der Waals surface area contributed by atoms with Gasteiger partial charge in [-0.3, -0.25) is 9.69 Å². The number of benzene rings is 1. The second-order valence-electron chi connectivity index (χ2n) is 9.17. The Morgan fingerprint density at radius 1 is 1.10 bits per heavy atom. The smallest absolute Gasteiger partial charge is 0.261 e. The van der Waals surface area contributed by atoms with E-state index in [1.54, 1.807) is 11.3 Å². The van der Waals surface area contributed by atoms with Gasteiger partial charge < -0.3 is 10.1 Å². The summed E-state index contributed by atoms with van der Waals surface area (Å²) in [6.07, 6.45) is 7.21. The van der Waals surface area contributed by atoms with Crippen molar-refractivity contribution < 1.29 is 9.53 Å². The third-order valence-electron chi connectivity index (χ3n) is 7.73. The zero-order valence-corrected chi connectivity index (χ0v) is 18.3. The molecule has 5 heterocycles. The number of ether oxygens (including phenoxy) is 1. The lowest BCUT2D eigenvalue weighted by Crippen LogP contribution is -2.65. The first-order valence-corrected chi connectivity index (χ1v) is 11.7. The molecule has 1 aromatic carbocycles. The normalized spacial score (nSPS) is 30.3. The van der Waals surface area contributed by atoms with E-state index in [1.807, 2.05) is 0 Å². The van der Waals surface area contributed by atoms with Gasteiger partial charge in [-0.05, 0) is 86.5 Å². The fourth-order valence-electron chi connectivity index (χ4n) is 5.98. The minimum atomic E-state index is 0. The average molecular weight is 433 g/mol. The van der Waals surface area contributed by atoms with Gasteiger partial charge in [0.05, 0.1) is 10.9 Å². The van der Waals surface area contributed by atoms with Gasteiger partial charge in [0.25, 0.3) is 5.91 Å². The van der Waals surface area contributed by atoms with Crippen LogP contribution in [0.5, 0.6) is 0 Å². The fourth-order valence-corrected chi connectivity index (χ4v) is 6.99. The summed E-state index contributed by atoms with van der Waals surface area (Å²) in [6.45, 7) is 4.19. The highest BCUT2D eigenvalue weighted by atomic mass is 35.5. The van der Waals surface area contributed by atoms with E-state index in [1.165, 1.54) is 54.4 Å². The van der Waals surface area contributed by atoms with Crippen LogP contribution in [0.1, 0.15) is 59.7 Å². The molecule has 0 radical (unpaired) electrons. The first-order valence-electron chi connectivity index (χ1n) is 10.9. The summed E-state index contributed by atoms with van der Waals surface area (Å²) in [5, 5.41) is 4.67. The summed E-state index contributed by atoms with van der Waals surface area (Å²) in [6, 6.07) is 9.20. The Hall–Kier alpha value is -1.14. The SMILES string of the molecule is Cl.O=C(N[C@@H]1C2CCN(CC2)C12CC2)c1cc2ccc(C3CCOCC3)cc2s1. The van der Waals surface area contributed by atoms with Gasteiger partial charge in [-0.1, -0.05) is 12.1 Å². The van der Waals surface area contributed by atoms with E-state index in [9.17, 15) is 4.79 Å². The zero-order chi connectivity index (χ0) is 18.7. The number of carbonyl (C=O) groups is 1. The molecule has 1 aromatic heterocycles. The Bertz CT molecular complexity index is 911. The van der Waals surface area contributed by atoms with Crippen LogP contribution in [0.15, 0.2) is 24.3 Å². The predicted molar refractivity (Wildman–Crippen MR) is 119 cm³/mol. The van der Waals surface area contributed by atoms with Crippen LogP contribution in [0.2, 0.25) is 0 Å². The molecular formula is C23H29ClN2O2S. The van der Waals surface area contributed by atoms with Gasteiger partial charge in [0.1, 0.15) is 0 Å². The molecule has 1 atom stereocenters. The highest BCUT2D eigenvalue weighted by molar-refractivity contribution is 7.20. The van der Waals surface area contributed by atoms with Crippen molar-refractivity contribution in [3.05, 3.63) is 34.7 Å². The van der Waals surface area contributed by atoms with E-state index in [0.29, 0.717) is 23.4 Å². The number of nitrogens with one attached hydrogen (secondary N) is 1. The van der Waals surface area contributed by atoms with Crippen molar-refractivity contribution in [1.82, 2.24) is 10.2 Å². The number of hydrogen-bond donors (Lipinski definition) is 1. The predicted octanol–water partition coefficient (Wildman–Crippen LogP) is 4.57. The lowest BCUT2D eigenvalue weighted by Gasteiger charge is -2.52. The number of hydrogen-bond acceptors (Lipinski definition) is 4. The Balaban J connectivity index is 0.00000181. The number of nitrogens with zero attached hydrogens (tertiary/aromatic N) is 1. The monoisotopic (exact) mass is 432 g/mol. The highest BCUT2D eigenvalue weighted by Crippen LogP contribution is 2.53. The summed E-state index contributed by atoms with van der Waals surface area (Å²) < 4.78 is 6.75. The number of halogens is 1. The molecule has 1 aliphatic carbocycles. The number of piperidine rings is 3. The Labute approximate surface area is 182 Å². The van der Waals surface area contributed by atoms with Crippen molar-refractivity contribution >= 4 is 39.7 Å². The molecule has 1 amide bonds. The molecule has 1 N–H and O–H groups in total. The second-order valence-corrected chi connectivity index (χ2v) is 10.3.